The Bertz CT molecular complexity index is 282. The van der Waals surface area contributed by atoms with Gasteiger partial charge in [-0.25, -0.2) is 0 Å². The smallest absolute Gasteiger partial charge is 0.104 e. The molecular formula is C15H29N3. The maximum absolute atomic E-state index is 9.15. The summed E-state index contributed by atoms with van der Waals surface area (Å²) in [5.41, 5.74) is -0.371. The van der Waals surface area contributed by atoms with Crippen LogP contribution in [0.3, 0.4) is 0 Å². The predicted octanol–water partition coefficient (Wildman–Crippen LogP) is 2.64. The second-order valence-corrected chi connectivity index (χ2v) is 6.22. The second-order valence-electron chi connectivity index (χ2n) is 6.22. The maximum Gasteiger partial charge on any atom is 0.104 e. The summed E-state index contributed by atoms with van der Waals surface area (Å²) in [4.78, 5) is 2.54. The van der Waals surface area contributed by atoms with E-state index >= 15 is 0 Å². The highest BCUT2D eigenvalue weighted by molar-refractivity contribution is 5.03. The van der Waals surface area contributed by atoms with Gasteiger partial charge in [0.2, 0.25) is 0 Å². The van der Waals surface area contributed by atoms with Crippen molar-refractivity contribution in [1.82, 2.24) is 10.2 Å². The van der Waals surface area contributed by atoms with Crippen molar-refractivity contribution in [1.29, 1.82) is 5.26 Å². The van der Waals surface area contributed by atoms with Crippen LogP contribution >= 0.6 is 0 Å². The predicted molar refractivity (Wildman–Crippen MR) is 76.3 cm³/mol. The fourth-order valence-corrected chi connectivity index (χ4v) is 2.69. The third-order valence-electron chi connectivity index (χ3n) is 4.53. The van der Waals surface area contributed by atoms with E-state index in [4.69, 9.17) is 5.26 Å². The van der Waals surface area contributed by atoms with E-state index in [0.717, 1.165) is 24.8 Å². The maximum atomic E-state index is 9.15. The molecule has 3 nitrogen and oxygen atoms in total. The van der Waals surface area contributed by atoms with E-state index in [1.807, 2.05) is 14.0 Å². The molecule has 0 aromatic heterocycles. The Kier molecular flexibility index (Phi) is 6.11. The zero-order valence-corrected chi connectivity index (χ0v) is 12.5. The van der Waals surface area contributed by atoms with Crippen LogP contribution in [0.2, 0.25) is 0 Å². The summed E-state index contributed by atoms with van der Waals surface area (Å²) in [7, 11) is 1.88. The van der Waals surface area contributed by atoms with Gasteiger partial charge in [0.05, 0.1) is 6.07 Å². The Morgan fingerprint density at radius 2 is 2.11 bits per heavy atom. The first-order valence-corrected chi connectivity index (χ1v) is 7.33. The molecule has 0 aromatic carbocycles. The van der Waals surface area contributed by atoms with Gasteiger partial charge in [-0.05, 0) is 64.6 Å². The fourth-order valence-electron chi connectivity index (χ4n) is 2.69. The first-order chi connectivity index (χ1) is 8.50. The highest BCUT2D eigenvalue weighted by Gasteiger charge is 2.24. The van der Waals surface area contributed by atoms with Crippen LogP contribution in [0.4, 0.5) is 0 Å². The van der Waals surface area contributed by atoms with E-state index in [1.165, 1.54) is 32.4 Å². The number of nitrogens with one attached hydrogen (secondary N) is 1. The average molecular weight is 251 g/mol. The SMILES string of the molecule is CNC(C)(C#N)CCN1CCCC(C(C)C)CC1. The molecule has 1 N–H and O–H groups in total. The topological polar surface area (TPSA) is 39.1 Å². The normalized spacial score (nSPS) is 25.4. The average Bonchev–Trinajstić information content (AvgIpc) is 2.61. The quantitative estimate of drug-likeness (QED) is 0.816. The van der Waals surface area contributed by atoms with Crippen LogP contribution in [0.15, 0.2) is 0 Å². The molecule has 1 saturated heterocycles. The van der Waals surface area contributed by atoms with E-state index in [0.29, 0.717) is 0 Å². The molecular weight excluding hydrogens is 222 g/mol. The Morgan fingerprint density at radius 1 is 1.39 bits per heavy atom. The molecule has 1 aliphatic heterocycles. The van der Waals surface area contributed by atoms with Gasteiger partial charge in [-0.15, -0.1) is 0 Å². The molecule has 0 spiro atoms. The van der Waals surface area contributed by atoms with Crippen LogP contribution in [-0.2, 0) is 0 Å². The lowest BCUT2D eigenvalue weighted by Gasteiger charge is -2.26. The molecule has 18 heavy (non-hydrogen) atoms. The van der Waals surface area contributed by atoms with Crippen LogP contribution < -0.4 is 5.32 Å². The zero-order valence-electron chi connectivity index (χ0n) is 12.5. The minimum Gasteiger partial charge on any atom is -0.303 e. The summed E-state index contributed by atoms with van der Waals surface area (Å²) < 4.78 is 0. The van der Waals surface area contributed by atoms with Gasteiger partial charge in [0, 0.05) is 6.54 Å². The molecule has 0 aromatic rings. The standard InChI is InChI=1S/C15H29N3/c1-13(2)14-6-5-9-18(10-7-14)11-8-15(3,12-16)17-4/h13-14,17H,5-11H2,1-4H3. The second kappa shape index (κ2) is 7.11. The van der Waals surface area contributed by atoms with E-state index < -0.39 is 0 Å². The molecule has 1 fully saturated rings. The summed E-state index contributed by atoms with van der Waals surface area (Å²) in [5.74, 6) is 1.70. The minimum atomic E-state index is -0.371. The molecule has 0 saturated carbocycles. The number of hydrogen-bond donors (Lipinski definition) is 1. The molecule has 0 amide bonds. The van der Waals surface area contributed by atoms with Crippen molar-refractivity contribution in [3.8, 4) is 6.07 Å². The highest BCUT2D eigenvalue weighted by Crippen LogP contribution is 2.24. The molecule has 0 radical (unpaired) electrons. The third kappa shape index (κ3) is 4.59. The van der Waals surface area contributed by atoms with Gasteiger partial charge in [0.25, 0.3) is 0 Å². The van der Waals surface area contributed by atoms with Crippen LogP contribution in [-0.4, -0.2) is 37.1 Å². The van der Waals surface area contributed by atoms with E-state index in [2.05, 4.69) is 30.1 Å². The van der Waals surface area contributed by atoms with Crippen molar-refractivity contribution < 1.29 is 0 Å². The Hall–Kier alpha value is -0.590. The molecule has 0 bridgehead atoms. The zero-order chi connectivity index (χ0) is 13.6. The summed E-state index contributed by atoms with van der Waals surface area (Å²) in [6.45, 7) is 10.1. The summed E-state index contributed by atoms with van der Waals surface area (Å²) in [6, 6.07) is 2.37. The first kappa shape index (κ1) is 15.5. The van der Waals surface area contributed by atoms with Crippen molar-refractivity contribution in [2.45, 2.75) is 52.0 Å². The number of nitriles is 1. The molecule has 1 heterocycles. The van der Waals surface area contributed by atoms with Crippen molar-refractivity contribution in [2.24, 2.45) is 11.8 Å². The Morgan fingerprint density at radius 3 is 2.67 bits per heavy atom. The van der Waals surface area contributed by atoms with E-state index in [9.17, 15) is 0 Å². The van der Waals surface area contributed by atoms with Gasteiger partial charge in [-0.2, -0.15) is 5.26 Å². The van der Waals surface area contributed by atoms with E-state index in [-0.39, 0.29) is 5.54 Å². The Balaban J connectivity index is 2.38. The molecule has 104 valence electrons. The van der Waals surface area contributed by atoms with Crippen LogP contribution in [0, 0.1) is 23.2 Å². The number of nitrogens with zero attached hydrogens (tertiary/aromatic N) is 2. The molecule has 3 heteroatoms. The Labute approximate surface area is 113 Å². The van der Waals surface area contributed by atoms with Gasteiger partial charge < -0.3 is 10.2 Å². The summed E-state index contributed by atoms with van der Waals surface area (Å²) >= 11 is 0. The first-order valence-electron chi connectivity index (χ1n) is 7.33. The molecule has 1 rings (SSSR count). The lowest BCUT2D eigenvalue weighted by Crippen LogP contribution is -2.42. The lowest BCUT2D eigenvalue weighted by molar-refractivity contribution is 0.248. The number of likely N-dealkylation sites (tertiary alicyclic amines) is 1. The van der Waals surface area contributed by atoms with Crippen LogP contribution in [0.1, 0.15) is 46.5 Å². The fraction of sp³-hybridized carbons (Fsp3) is 0.933. The van der Waals surface area contributed by atoms with Gasteiger partial charge >= 0.3 is 0 Å². The summed E-state index contributed by atoms with van der Waals surface area (Å²) in [5, 5.41) is 12.3. The molecule has 0 aliphatic carbocycles. The van der Waals surface area contributed by atoms with E-state index in [1.54, 1.807) is 0 Å². The summed E-state index contributed by atoms with van der Waals surface area (Å²) in [6.07, 6.45) is 4.91. The van der Waals surface area contributed by atoms with Crippen LogP contribution in [0.5, 0.6) is 0 Å². The molecule has 2 unspecified atom stereocenters. The van der Waals surface area contributed by atoms with Crippen molar-refractivity contribution in [3.05, 3.63) is 0 Å². The number of rotatable bonds is 5. The van der Waals surface area contributed by atoms with Gasteiger partial charge in [0.15, 0.2) is 0 Å². The minimum absolute atomic E-state index is 0.371. The molecule has 1 aliphatic rings. The lowest BCUT2D eigenvalue weighted by atomic mass is 9.89. The largest absolute Gasteiger partial charge is 0.303 e. The number of hydrogen-bond acceptors (Lipinski definition) is 3. The highest BCUT2D eigenvalue weighted by atomic mass is 15.1. The van der Waals surface area contributed by atoms with Gasteiger partial charge in [-0.1, -0.05) is 13.8 Å². The van der Waals surface area contributed by atoms with Gasteiger partial charge in [-0.3, -0.25) is 0 Å². The van der Waals surface area contributed by atoms with Gasteiger partial charge in [0.1, 0.15) is 5.54 Å². The van der Waals surface area contributed by atoms with Crippen molar-refractivity contribution in [2.75, 3.05) is 26.7 Å². The molecule has 2 atom stereocenters. The van der Waals surface area contributed by atoms with Crippen LogP contribution in [0.25, 0.3) is 0 Å². The third-order valence-corrected chi connectivity index (χ3v) is 4.53. The van der Waals surface area contributed by atoms with Crippen molar-refractivity contribution >= 4 is 0 Å². The monoisotopic (exact) mass is 251 g/mol. The van der Waals surface area contributed by atoms with Crippen molar-refractivity contribution in [3.63, 3.8) is 0 Å².